The highest BCUT2D eigenvalue weighted by Gasteiger charge is 2.25. The summed E-state index contributed by atoms with van der Waals surface area (Å²) in [6, 6.07) is 6.65. The van der Waals surface area contributed by atoms with Crippen molar-refractivity contribution in [2.45, 2.75) is 58.1 Å². The minimum Gasteiger partial charge on any atom is -0.493 e. The number of aryl methyl sites for hydroxylation is 2. The molecule has 1 N–H and O–H groups in total. The van der Waals surface area contributed by atoms with E-state index in [-0.39, 0.29) is 6.10 Å². The molecule has 0 aliphatic heterocycles. The zero-order valence-electron chi connectivity index (χ0n) is 13.6. The molecule has 0 heterocycles. The number of ether oxygens (including phenoxy) is 1. The van der Waals surface area contributed by atoms with Crippen molar-refractivity contribution < 1.29 is 9.84 Å². The van der Waals surface area contributed by atoms with Gasteiger partial charge in [0.25, 0.3) is 0 Å². The minimum atomic E-state index is -0.149. The van der Waals surface area contributed by atoms with Crippen molar-refractivity contribution in [1.82, 2.24) is 4.90 Å². The van der Waals surface area contributed by atoms with Crippen molar-refractivity contribution in [1.29, 1.82) is 0 Å². The predicted molar refractivity (Wildman–Crippen MR) is 86.9 cm³/mol. The SMILES string of the molecule is Cc1ccc(C)c(OCCCN(C)C2CCCCC2O)c1. The van der Waals surface area contributed by atoms with Crippen LogP contribution in [0, 0.1) is 13.8 Å². The first-order valence-electron chi connectivity index (χ1n) is 8.16. The summed E-state index contributed by atoms with van der Waals surface area (Å²) in [5, 5.41) is 10.1. The first kappa shape index (κ1) is 16.3. The van der Waals surface area contributed by atoms with Crippen LogP contribution in [0.2, 0.25) is 0 Å². The van der Waals surface area contributed by atoms with Crippen LogP contribution in [0.15, 0.2) is 18.2 Å². The molecule has 1 aliphatic rings. The van der Waals surface area contributed by atoms with Crippen LogP contribution >= 0.6 is 0 Å². The van der Waals surface area contributed by atoms with E-state index in [1.165, 1.54) is 24.0 Å². The van der Waals surface area contributed by atoms with Crippen LogP contribution in [0.5, 0.6) is 5.75 Å². The van der Waals surface area contributed by atoms with Crippen molar-refractivity contribution in [2.75, 3.05) is 20.2 Å². The third kappa shape index (κ3) is 4.72. The van der Waals surface area contributed by atoms with E-state index >= 15 is 0 Å². The zero-order chi connectivity index (χ0) is 15.2. The number of likely N-dealkylation sites (N-methyl/N-ethyl adjacent to an activating group) is 1. The molecule has 3 nitrogen and oxygen atoms in total. The lowest BCUT2D eigenvalue weighted by molar-refractivity contribution is 0.0303. The van der Waals surface area contributed by atoms with Gasteiger partial charge in [-0.05, 0) is 57.4 Å². The molecule has 2 atom stereocenters. The number of aliphatic hydroxyl groups excluding tert-OH is 1. The Morgan fingerprint density at radius 1 is 1.24 bits per heavy atom. The van der Waals surface area contributed by atoms with Gasteiger partial charge in [0.05, 0.1) is 12.7 Å². The summed E-state index contributed by atoms with van der Waals surface area (Å²) in [7, 11) is 2.12. The fourth-order valence-corrected chi connectivity index (χ4v) is 3.13. The minimum absolute atomic E-state index is 0.149. The fourth-order valence-electron chi connectivity index (χ4n) is 3.13. The van der Waals surface area contributed by atoms with Crippen molar-refractivity contribution in [3.63, 3.8) is 0 Å². The standard InChI is InChI=1S/C18H29NO2/c1-14-9-10-15(2)18(13-14)21-12-6-11-19(3)16-7-4-5-8-17(16)20/h9-10,13,16-17,20H,4-8,11-12H2,1-3H3. The Hall–Kier alpha value is -1.06. The molecule has 2 unspecified atom stereocenters. The van der Waals surface area contributed by atoms with Gasteiger partial charge >= 0.3 is 0 Å². The Morgan fingerprint density at radius 2 is 2.00 bits per heavy atom. The van der Waals surface area contributed by atoms with Crippen LogP contribution < -0.4 is 4.74 Å². The van der Waals surface area contributed by atoms with Crippen molar-refractivity contribution >= 4 is 0 Å². The van der Waals surface area contributed by atoms with Crippen LogP contribution in [0.4, 0.5) is 0 Å². The average molecular weight is 291 g/mol. The molecule has 0 aromatic heterocycles. The Morgan fingerprint density at radius 3 is 2.76 bits per heavy atom. The van der Waals surface area contributed by atoms with E-state index < -0.39 is 0 Å². The fraction of sp³-hybridized carbons (Fsp3) is 0.667. The molecule has 2 rings (SSSR count). The molecule has 21 heavy (non-hydrogen) atoms. The smallest absolute Gasteiger partial charge is 0.122 e. The second-order valence-electron chi connectivity index (χ2n) is 6.37. The lowest BCUT2D eigenvalue weighted by atomic mass is 9.91. The monoisotopic (exact) mass is 291 g/mol. The second-order valence-corrected chi connectivity index (χ2v) is 6.37. The van der Waals surface area contributed by atoms with Gasteiger partial charge in [-0.25, -0.2) is 0 Å². The summed E-state index contributed by atoms with van der Waals surface area (Å²) in [6.45, 7) is 5.88. The van der Waals surface area contributed by atoms with Gasteiger partial charge in [-0.15, -0.1) is 0 Å². The topological polar surface area (TPSA) is 32.7 Å². The Bertz CT molecular complexity index is 447. The maximum atomic E-state index is 10.1. The summed E-state index contributed by atoms with van der Waals surface area (Å²) in [5.41, 5.74) is 2.43. The Labute approximate surface area is 128 Å². The van der Waals surface area contributed by atoms with Crippen molar-refractivity contribution in [3.8, 4) is 5.75 Å². The lowest BCUT2D eigenvalue weighted by Gasteiger charge is -2.35. The summed E-state index contributed by atoms with van der Waals surface area (Å²) >= 11 is 0. The lowest BCUT2D eigenvalue weighted by Crippen LogP contribution is -2.43. The summed E-state index contributed by atoms with van der Waals surface area (Å²) < 4.78 is 5.89. The molecule has 1 aromatic carbocycles. The molecule has 1 aromatic rings. The summed E-state index contributed by atoms with van der Waals surface area (Å²) in [4.78, 5) is 2.30. The highest BCUT2D eigenvalue weighted by Crippen LogP contribution is 2.23. The number of nitrogens with zero attached hydrogens (tertiary/aromatic N) is 1. The molecule has 1 fully saturated rings. The Balaban J connectivity index is 1.72. The highest BCUT2D eigenvalue weighted by atomic mass is 16.5. The predicted octanol–water partition coefficient (Wildman–Crippen LogP) is 3.31. The molecule has 118 valence electrons. The van der Waals surface area contributed by atoms with Crippen molar-refractivity contribution in [2.24, 2.45) is 0 Å². The van der Waals surface area contributed by atoms with Gasteiger partial charge in [0, 0.05) is 12.6 Å². The average Bonchev–Trinajstić information content (AvgIpc) is 2.47. The van der Waals surface area contributed by atoms with Crippen LogP contribution in [-0.4, -0.2) is 42.4 Å². The number of hydrogen-bond donors (Lipinski definition) is 1. The zero-order valence-corrected chi connectivity index (χ0v) is 13.6. The van der Waals surface area contributed by atoms with E-state index in [0.717, 1.165) is 38.2 Å². The molecule has 3 heteroatoms. The Kier molecular flexibility index (Phi) is 6.07. The highest BCUT2D eigenvalue weighted by molar-refractivity contribution is 5.35. The van der Waals surface area contributed by atoms with E-state index in [1.54, 1.807) is 0 Å². The first-order chi connectivity index (χ1) is 10.1. The number of rotatable bonds is 6. The van der Waals surface area contributed by atoms with E-state index in [1.807, 2.05) is 0 Å². The quantitative estimate of drug-likeness (QED) is 0.816. The number of aliphatic hydroxyl groups is 1. The van der Waals surface area contributed by atoms with E-state index in [4.69, 9.17) is 4.74 Å². The summed E-state index contributed by atoms with van der Waals surface area (Å²) in [5.74, 6) is 0.996. The van der Waals surface area contributed by atoms with Crippen molar-refractivity contribution in [3.05, 3.63) is 29.3 Å². The van der Waals surface area contributed by atoms with Gasteiger partial charge in [-0.3, -0.25) is 0 Å². The third-order valence-corrected chi connectivity index (χ3v) is 4.52. The van der Waals surface area contributed by atoms with Crippen LogP contribution in [-0.2, 0) is 0 Å². The van der Waals surface area contributed by atoms with Gasteiger partial charge in [-0.2, -0.15) is 0 Å². The van der Waals surface area contributed by atoms with Gasteiger partial charge in [0.15, 0.2) is 0 Å². The molecule has 0 amide bonds. The van der Waals surface area contributed by atoms with Gasteiger partial charge in [-0.1, -0.05) is 25.0 Å². The molecule has 1 saturated carbocycles. The van der Waals surface area contributed by atoms with E-state index in [9.17, 15) is 5.11 Å². The molecular formula is C18H29NO2. The maximum Gasteiger partial charge on any atom is 0.122 e. The van der Waals surface area contributed by atoms with E-state index in [2.05, 4.69) is 44.0 Å². The summed E-state index contributed by atoms with van der Waals surface area (Å²) in [6.07, 6.45) is 5.33. The maximum absolute atomic E-state index is 10.1. The van der Waals surface area contributed by atoms with Gasteiger partial charge < -0.3 is 14.7 Å². The second kappa shape index (κ2) is 7.81. The van der Waals surface area contributed by atoms with Crippen LogP contribution in [0.1, 0.15) is 43.2 Å². The van der Waals surface area contributed by atoms with Gasteiger partial charge in [0.1, 0.15) is 5.75 Å². The van der Waals surface area contributed by atoms with Gasteiger partial charge in [0.2, 0.25) is 0 Å². The largest absolute Gasteiger partial charge is 0.493 e. The van der Waals surface area contributed by atoms with Crippen LogP contribution in [0.25, 0.3) is 0 Å². The molecule has 0 spiro atoms. The third-order valence-electron chi connectivity index (χ3n) is 4.52. The molecule has 0 radical (unpaired) electrons. The molecular weight excluding hydrogens is 262 g/mol. The molecule has 1 aliphatic carbocycles. The first-order valence-corrected chi connectivity index (χ1v) is 8.16. The van der Waals surface area contributed by atoms with Crippen LogP contribution in [0.3, 0.4) is 0 Å². The number of hydrogen-bond acceptors (Lipinski definition) is 3. The normalized spacial score (nSPS) is 22.5. The van der Waals surface area contributed by atoms with E-state index in [0.29, 0.717) is 6.04 Å². The molecule has 0 bridgehead atoms. The molecule has 0 saturated heterocycles. The number of benzene rings is 1.